The lowest BCUT2D eigenvalue weighted by molar-refractivity contribution is 0.137. The average molecular weight is 421 g/mol. The predicted molar refractivity (Wildman–Crippen MR) is 136 cm³/mol. The summed E-state index contributed by atoms with van der Waals surface area (Å²) in [5.74, 6) is 0. The van der Waals surface area contributed by atoms with Gasteiger partial charge in [-0.15, -0.1) is 0 Å². The van der Waals surface area contributed by atoms with Crippen LogP contribution in [0.25, 0.3) is 0 Å². The van der Waals surface area contributed by atoms with Crippen molar-refractivity contribution in [2.75, 3.05) is 13.1 Å². The van der Waals surface area contributed by atoms with Crippen LogP contribution in [0.2, 0.25) is 0 Å². The zero-order valence-electron chi connectivity index (χ0n) is 21.2. The van der Waals surface area contributed by atoms with Crippen LogP contribution in [-0.2, 0) is 0 Å². The molecule has 0 bridgehead atoms. The van der Waals surface area contributed by atoms with E-state index < -0.39 is 0 Å². The molecule has 0 saturated carbocycles. The van der Waals surface area contributed by atoms with E-state index >= 15 is 0 Å². The standard InChI is InChI=1S/C28H56N2/c1-4-7-9-10-11-12-13-14-15-16-17-18-19-20-22-25-30-27-26-29(24-6-3)28(30)23-21-8-5-2/h26-28H,4-25H2,1-3H3. The molecule has 0 radical (unpaired) electrons. The van der Waals surface area contributed by atoms with Crippen LogP contribution in [0, 0.1) is 0 Å². The number of nitrogens with zero attached hydrogens (tertiary/aromatic N) is 2. The summed E-state index contributed by atoms with van der Waals surface area (Å²) in [7, 11) is 0. The van der Waals surface area contributed by atoms with Crippen molar-refractivity contribution in [3.05, 3.63) is 12.4 Å². The van der Waals surface area contributed by atoms with Crippen LogP contribution in [-0.4, -0.2) is 29.1 Å². The van der Waals surface area contributed by atoms with Gasteiger partial charge in [0, 0.05) is 25.5 Å². The highest BCUT2D eigenvalue weighted by molar-refractivity contribution is 4.96. The molecular weight excluding hydrogens is 364 g/mol. The van der Waals surface area contributed by atoms with E-state index in [-0.39, 0.29) is 0 Å². The molecule has 0 fully saturated rings. The van der Waals surface area contributed by atoms with Crippen LogP contribution in [0.5, 0.6) is 0 Å². The van der Waals surface area contributed by atoms with Crippen molar-refractivity contribution in [3.63, 3.8) is 0 Å². The first-order valence-corrected chi connectivity index (χ1v) is 14.0. The molecule has 1 rings (SSSR count). The van der Waals surface area contributed by atoms with Gasteiger partial charge in [0.25, 0.3) is 0 Å². The van der Waals surface area contributed by atoms with Crippen molar-refractivity contribution in [3.8, 4) is 0 Å². The second-order valence-electron chi connectivity index (χ2n) is 9.70. The average Bonchev–Trinajstić information content (AvgIpc) is 3.13. The van der Waals surface area contributed by atoms with Crippen molar-refractivity contribution < 1.29 is 0 Å². The molecule has 2 nitrogen and oxygen atoms in total. The van der Waals surface area contributed by atoms with E-state index in [0.29, 0.717) is 6.17 Å². The highest BCUT2D eigenvalue weighted by Crippen LogP contribution is 2.22. The van der Waals surface area contributed by atoms with Gasteiger partial charge in [0.15, 0.2) is 0 Å². The van der Waals surface area contributed by atoms with E-state index in [4.69, 9.17) is 0 Å². The summed E-state index contributed by atoms with van der Waals surface area (Å²) in [6.45, 7) is 9.38. The van der Waals surface area contributed by atoms with Crippen molar-refractivity contribution >= 4 is 0 Å². The molecule has 0 aromatic carbocycles. The summed E-state index contributed by atoms with van der Waals surface area (Å²) in [6.07, 6.45) is 33.7. The van der Waals surface area contributed by atoms with E-state index in [1.165, 1.54) is 142 Å². The Balaban J connectivity index is 1.94. The molecule has 0 aromatic heterocycles. The monoisotopic (exact) mass is 420 g/mol. The molecule has 0 spiro atoms. The lowest BCUT2D eigenvalue weighted by Gasteiger charge is -2.33. The molecule has 0 aromatic rings. The van der Waals surface area contributed by atoms with Gasteiger partial charge in [-0.05, 0) is 25.7 Å². The number of rotatable bonds is 22. The van der Waals surface area contributed by atoms with Gasteiger partial charge in [0.1, 0.15) is 6.17 Å². The summed E-state index contributed by atoms with van der Waals surface area (Å²) in [5.41, 5.74) is 0. The van der Waals surface area contributed by atoms with E-state index in [1.54, 1.807) is 0 Å². The molecule has 0 aliphatic carbocycles. The summed E-state index contributed by atoms with van der Waals surface area (Å²) >= 11 is 0. The minimum absolute atomic E-state index is 0.642. The van der Waals surface area contributed by atoms with Crippen molar-refractivity contribution in [1.29, 1.82) is 0 Å². The lowest BCUT2D eigenvalue weighted by atomic mass is 10.0. The first-order valence-electron chi connectivity index (χ1n) is 14.0. The van der Waals surface area contributed by atoms with E-state index in [9.17, 15) is 0 Å². The Morgan fingerprint density at radius 1 is 0.433 bits per heavy atom. The van der Waals surface area contributed by atoms with Crippen LogP contribution in [0.4, 0.5) is 0 Å². The highest BCUT2D eigenvalue weighted by Gasteiger charge is 2.24. The topological polar surface area (TPSA) is 6.48 Å². The normalized spacial score (nSPS) is 16.2. The van der Waals surface area contributed by atoms with Gasteiger partial charge in [-0.3, -0.25) is 0 Å². The maximum atomic E-state index is 2.63. The maximum absolute atomic E-state index is 2.63. The van der Waals surface area contributed by atoms with Gasteiger partial charge >= 0.3 is 0 Å². The van der Waals surface area contributed by atoms with Gasteiger partial charge in [-0.25, -0.2) is 0 Å². The third-order valence-electron chi connectivity index (χ3n) is 6.78. The minimum Gasteiger partial charge on any atom is -0.356 e. The third-order valence-corrected chi connectivity index (χ3v) is 6.78. The first kappa shape index (κ1) is 27.4. The molecule has 2 heteroatoms. The SMILES string of the molecule is CCCCCCCCCCCCCCCCCN1C=CN(CCC)C1CCCCC. The second kappa shape index (κ2) is 20.3. The van der Waals surface area contributed by atoms with E-state index in [0.717, 1.165) is 0 Å². The Hall–Kier alpha value is -0.660. The van der Waals surface area contributed by atoms with E-state index in [1.807, 2.05) is 0 Å². The van der Waals surface area contributed by atoms with Crippen LogP contribution in [0.3, 0.4) is 0 Å². The van der Waals surface area contributed by atoms with Crippen molar-refractivity contribution in [1.82, 2.24) is 9.80 Å². The predicted octanol–water partition coefficient (Wildman–Crippen LogP) is 9.26. The molecule has 1 unspecified atom stereocenters. The largest absolute Gasteiger partial charge is 0.356 e. The van der Waals surface area contributed by atoms with Crippen LogP contribution in [0.1, 0.15) is 149 Å². The third kappa shape index (κ3) is 13.6. The molecular formula is C28H56N2. The number of hydrogen-bond donors (Lipinski definition) is 0. The van der Waals surface area contributed by atoms with Crippen LogP contribution < -0.4 is 0 Å². The summed E-state index contributed by atoms with van der Waals surface area (Å²) < 4.78 is 0. The molecule has 1 aliphatic heterocycles. The molecule has 0 saturated heterocycles. The number of hydrogen-bond acceptors (Lipinski definition) is 2. The van der Waals surface area contributed by atoms with Crippen LogP contribution >= 0.6 is 0 Å². The zero-order chi connectivity index (χ0) is 21.7. The van der Waals surface area contributed by atoms with Crippen molar-refractivity contribution in [2.45, 2.75) is 155 Å². The van der Waals surface area contributed by atoms with Gasteiger partial charge in [0.05, 0.1) is 0 Å². The van der Waals surface area contributed by atoms with Gasteiger partial charge in [-0.2, -0.15) is 0 Å². The molecule has 178 valence electrons. The lowest BCUT2D eigenvalue weighted by Crippen LogP contribution is -2.39. The molecule has 0 amide bonds. The van der Waals surface area contributed by atoms with Gasteiger partial charge in [0.2, 0.25) is 0 Å². The quantitative estimate of drug-likeness (QED) is 0.161. The minimum atomic E-state index is 0.642. The Bertz CT molecular complexity index is 379. The molecule has 30 heavy (non-hydrogen) atoms. The zero-order valence-corrected chi connectivity index (χ0v) is 21.2. The molecule has 0 N–H and O–H groups in total. The second-order valence-corrected chi connectivity index (χ2v) is 9.70. The Morgan fingerprint density at radius 2 is 0.833 bits per heavy atom. The molecule has 1 heterocycles. The summed E-state index contributed by atoms with van der Waals surface area (Å²) in [6, 6.07) is 0. The fourth-order valence-electron chi connectivity index (χ4n) is 4.84. The Kier molecular flexibility index (Phi) is 18.5. The molecule has 1 atom stereocenters. The van der Waals surface area contributed by atoms with Gasteiger partial charge < -0.3 is 9.80 Å². The smallest absolute Gasteiger partial charge is 0.101 e. The highest BCUT2D eigenvalue weighted by atomic mass is 15.4. The van der Waals surface area contributed by atoms with E-state index in [2.05, 4.69) is 43.0 Å². The summed E-state index contributed by atoms with van der Waals surface area (Å²) in [4.78, 5) is 5.22. The molecule has 1 aliphatic rings. The fourth-order valence-corrected chi connectivity index (χ4v) is 4.84. The maximum Gasteiger partial charge on any atom is 0.101 e. The van der Waals surface area contributed by atoms with Crippen LogP contribution in [0.15, 0.2) is 12.4 Å². The Morgan fingerprint density at radius 3 is 1.30 bits per heavy atom. The van der Waals surface area contributed by atoms with Crippen molar-refractivity contribution in [2.24, 2.45) is 0 Å². The first-order chi connectivity index (χ1) is 14.8. The van der Waals surface area contributed by atoms with Gasteiger partial charge in [-0.1, -0.05) is 124 Å². The fraction of sp³-hybridized carbons (Fsp3) is 0.929. The Labute approximate surface area is 190 Å². The summed E-state index contributed by atoms with van der Waals surface area (Å²) in [5, 5.41) is 0. The number of unbranched alkanes of at least 4 members (excludes halogenated alkanes) is 16.